The maximum Gasteiger partial charge on any atom is 0.251 e. The van der Waals surface area contributed by atoms with Crippen molar-refractivity contribution in [2.75, 3.05) is 13.2 Å². The third kappa shape index (κ3) is 2.52. The van der Waals surface area contributed by atoms with Crippen molar-refractivity contribution in [2.24, 2.45) is 0 Å². The molecular weight excluding hydrogens is 250 g/mol. The molecule has 0 radical (unpaired) electrons. The molecule has 20 heavy (non-hydrogen) atoms. The first-order valence-corrected chi connectivity index (χ1v) is 6.80. The van der Waals surface area contributed by atoms with Crippen molar-refractivity contribution in [2.45, 2.75) is 12.8 Å². The lowest BCUT2D eigenvalue weighted by Gasteiger charge is -2.11. The highest BCUT2D eigenvalue weighted by Gasteiger charge is 2.23. The fourth-order valence-electron chi connectivity index (χ4n) is 2.50. The molecule has 0 aromatic heterocycles. The summed E-state index contributed by atoms with van der Waals surface area (Å²) in [5, 5.41) is 2.99. The van der Waals surface area contributed by atoms with Crippen molar-refractivity contribution in [1.29, 1.82) is 0 Å². The van der Waals surface area contributed by atoms with Crippen molar-refractivity contribution < 1.29 is 9.53 Å². The van der Waals surface area contributed by atoms with Gasteiger partial charge in [0.2, 0.25) is 0 Å². The van der Waals surface area contributed by atoms with Crippen LogP contribution >= 0.6 is 0 Å². The molecule has 1 unspecified atom stereocenters. The van der Waals surface area contributed by atoms with E-state index in [-0.39, 0.29) is 11.8 Å². The highest BCUT2D eigenvalue weighted by atomic mass is 16.5. The van der Waals surface area contributed by atoms with Crippen LogP contribution in [0.25, 0.3) is 0 Å². The number of nitrogens with one attached hydrogen (secondary N) is 1. The Morgan fingerprint density at radius 1 is 1.25 bits per heavy atom. The molecule has 3 heteroatoms. The quantitative estimate of drug-likeness (QED) is 0.928. The number of fused-ring (bicyclic) bond motifs is 1. The zero-order valence-corrected chi connectivity index (χ0v) is 11.4. The number of ether oxygens (including phenoxy) is 1. The van der Waals surface area contributed by atoms with Gasteiger partial charge in [0.1, 0.15) is 5.75 Å². The van der Waals surface area contributed by atoms with E-state index >= 15 is 0 Å². The minimum Gasteiger partial charge on any atom is -0.493 e. The van der Waals surface area contributed by atoms with E-state index in [9.17, 15) is 4.79 Å². The Kier molecular flexibility index (Phi) is 3.42. The van der Waals surface area contributed by atoms with E-state index in [2.05, 4.69) is 11.4 Å². The van der Waals surface area contributed by atoms with Crippen LogP contribution in [-0.4, -0.2) is 19.1 Å². The van der Waals surface area contributed by atoms with E-state index in [4.69, 9.17) is 4.74 Å². The summed E-state index contributed by atoms with van der Waals surface area (Å²) in [6, 6.07) is 15.6. The Balaban J connectivity index is 1.65. The summed E-state index contributed by atoms with van der Waals surface area (Å²) in [7, 11) is 0. The number of amides is 1. The van der Waals surface area contributed by atoms with Gasteiger partial charge >= 0.3 is 0 Å². The van der Waals surface area contributed by atoms with Gasteiger partial charge in [-0.1, -0.05) is 35.9 Å². The zero-order valence-electron chi connectivity index (χ0n) is 11.4. The molecule has 1 aliphatic heterocycles. The van der Waals surface area contributed by atoms with Crippen LogP contribution in [0.1, 0.15) is 27.4 Å². The van der Waals surface area contributed by atoms with E-state index in [0.717, 1.165) is 11.3 Å². The SMILES string of the molecule is Cc1cccc(C(=O)NCC2COc3ccccc32)c1. The standard InChI is InChI=1S/C17H17NO2/c1-12-5-4-6-13(9-12)17(19)18-10-14-11-20-16-8-3-2-7-15(14)16/h2-9,14H,10-11H2,1H3,(H,18,19). The lowest BCUT2D eigenvalue weighted by Crippen LogP contribution is -2.29. The van der Waals surface area contributed by atoms with Gasteiger partial charge in [0.05, 0.1) is 6.61 Å². The molecule has 1 aliphatic rings. The van der Waals surface area contributed by atoms with Gasteiger partial charge in [-0.15, -0.1) is 0 Å². The second kappa shape index (κ2) is 5.37. The molecule has 0 bridgehead atoms. The fourth-order valence-corrected chi connectivity index (χ4v) is 2.50. The second-order valence-corrected chi connectivity index (χ2v) is 5.13. The van der Waals surface area contributed by atoms with Gasteiger partial charge in [-0.2, -0.15) is 0 Å². The molecule has 2 aromatic carbocycles. The molecule has 1 N–H and O–H groups in total. The van der Waals surface area contributed by atoms with E-state index < -0.39 is 0 Å². The molecule has 0 saturated heterocycles. The maximum atomic E-state index is 12.1. The highest BCUT2D eigenvalue weighted by molar-refractivity contribution is 5.94. The molecular formula is C17H17NO2. The van der Waals surface area contributed by atoms with Crippen molar-refractivity contribution in [3.63, 3.8) is 0 Å². The van der Waals surface area contributed by atoms with Gasteiger partial charge in [-0.05, 0) is 25.1 Å². The highest BCUT2D eigenvalue weighted by Crippen LogP contribution is 2.32. The molecule has 3 rings (SSSR count). The average Bonchev–Trinajstić information content (AvgIpc) is 2.88. The minimum absolute atomic E-state index is 0.0296. The van der Waals surface area contributed by atoms with Crippen LogP contribution in [0.5, 0.6) is 5.75 Å². The molecule has 0 spiro atoms. The normalized spacial score (nSPS) is 16.4. The first kappa shape index (κ1) is 12.7. The van der Waals surface area contributed by atoms with Crippen molar-refractivity contribution in [3.8, 4) is 5.75 Å². The number of rotatable bonds is 3. The lowest BCUT2D eigenvalue weighted by molar-refractivity contribution is 0.0950. The number of benzene rings is 2. The zero-order chi connectivity index (χ0) is 13.9. The molecule has 1 atom stereocenters. The maximum absolute atomic E-state index is 12.1. The third-order valence-corrected chi connectivity index (χ3v) is 3.59. The molecule has 0 fully saturated rings. The number of aryl methyl sites for hydroxylation is 1. The Morgan fingerprint density at radius 3 is 2.95 bits per heavy atom. The van der Waals surface area contributed by atoms with Crippen LogP contribution in [0.3, 0.4) is 0 Å². The summed E-state index contributed by atoms with van der Waals surface area (Å²) in [4.78, 5) is 12.1. The van der Waals surface area contributed by atoms with Gasteiger partial charge in [0.15, 0.2) is 0 Å². The van der Waals surface area contributed by atoms with Crippen molar-refractivity contribution in [1.82, 2.24) is 5.32 Å². The molecule has 1 heterocycles. The monoisotopic (exact) mass is 267 g/mol. The number of carbonyl (C=O) groups is 1. The van der Waals surface area contributed by atoms with Crippen LogP contribution in [0, 0.1) is 6.92 Å². The summed E-state index contributed by atoms with van der Waals surface area (Å²) in [5.41, 5.74) is 2.97. The first-order valence-electron chi connectivity index (χ1n) is 6.80. The van der Waals surface area contributed by atoms with E-state index in [1.807, 2.05) is 49.4 Å². The van der Waals surface area contributed by atoms with Crippen LogP contribution < -0.4 is 10.1 Å². The number of hydrogen-bond donors (Lipinski definition) is 1. The molecule has 2 aromatic rings. The van der Waals surface area contributed by atoms with Crippen LogP contribution in [-0.2, 0) is 0 Å². The second-order valence-electron chi connectivity index (χ2n) is 5.13. The van der Waals surface area contributed by atoms with Gasteiger partial charge < -0.3 is 10.1 Å². The summed E-state index contributed by atoms with van der Waals surface area (Å²) in [5.74, 6) is 1.14. The number of para-hydroxylation sites is 1. The van der Waals surface area contributed by atoms with Gasteiger partial charge in [-0.25, -0.2) is 0 Å². The lowest BCUT2D eigenvalue weighted by atomic mass is 10.0. The summed E-state index contributed by atoms with van der Waals surface area (Å²) >= 11 is 0. The van der Waals surface area contributed by atoms with Crippen LogP contribution in [0.15, 0.2) is 48.5 Å². The molecule has 0 aliphatic carbocycles. The van der Waals surface area contributed by atoms with Gasteiger partial charge in [0.25, 0.3) is 5.91 Å². The van der Waals surface area contributed by atoms with Crippen LogP contribution in [0.2, 0.25) is 0 Å². The van der Waals surface area contributed by atoms with Gasteiger partial charge in [0, 0.05) is 23.6 Å². The first-order chi connectivity index (χ1) is 9.74. The molecule has 1 amide bonds. The average molecular weight is 267 g/mol. The molecule has 0 saturated carbocycles. The van der Waals surface area contributed by atoms with Crippen molar-refractivity contribution in [3.05, 3.63) is 65.2 Å². The fraction of sp³-hybridized carbons (Fsp3) is 0.235. The Morgan fingerprint density at radius 2 is 2.10 bits per heavy atom. The molecule has 102 valence electrons. The van der Waals surface area contributed by atoms with Crippen molar-refractivity contribution >= 4 is 5.91 Å². The smallest absolute Gasteiger partial charge is 0.251 e. The molecule has 3 nitrogen and oxygen atoms in total. The van der Waals surface area contributed by atoms with E-state index in [1.165, 1.54) is 5.56 Å². The third-order valence-electron chi connectivity index (χ3n) is 3.59. The predicted octanol–water partition coefficient (Wildman–Crippen LogP) is 2.90. The summed E-state index contributed by atoms with van der Waals surface area (Å²) < 4.78 is 5.62. The Labute approximate surface area is 118 Å². The Hall–Kier alpha value is -2.29. The van der Waals surface area contributed by atoms with Gasteiger partial charge in [-0.3, -0.25) is 4.79 Å². The Bertz CT molecular complexity index is 636. The minimum atomic E-state index is -0.0296. The number of hydrogen-bond acceptors (Lipinski definition) is 2. The summed E-state index contributed by atoms with van der Waals surface area (Å²) in [6.45, 7) is 3.22. The van der Waals surface area contributed by atoms with Crippen LogP contribution in [0.4, 0.5) is 0 Å². The largest absolute Gasteiger partial charge is 0.493 e. The predicted molar refractivity (Wildman–Crippen MR) is 78.2 cm³/mol. The van der Waals surface area contributed by atoms with E-state index in [1.54, 1.807) is 0 Å². The van der Waals surface area contributed by atoms with E-state index in [0.29, 0.717) is 18.7 Å². The summed E-state index contributed by atoms with van der Waals surface area (Å²) in [6.07, 6.45) is 0. The number of carbonyl (C=O) groups excluding carboxylic acids is 1. The topological polar surface area (TPSA) is 38.3 Å².